The number of benzene rings is 1. The highest BCUT2D eigenvalue weighted by Gasteiger charge is 2.15. The number of carbonyl (C=O) groups excluding carboxylic acids is 1. The van der Waals surface area contributed by atoms with Crippen molar-refractivity contribution in [3.05, 3.63) is 47.8 Å². The Morgan fingerprint density at radius 1 is 1.39 bits per heavy atom. The molecule has 2 rings (SSSR count). The Morgan fingerprint density at radius 2 is 2.22 bits per heavy atom. The van der Waals surface area contributed by atoms with Crippen molar-refractivity contribution in [2.24, 2.45) is 0 Å². The maximum Gasteiger partial charge on any atom is 0.187 e. The number of nitrogens with zero attached hydrogens (tertiary/aromatic N) is 2. The first-order valence-electron chi connectivity index (χ1n) is 5.35. The summed E-state index contributed by atoms with van der Waals surface area (Å²) < 4.78 is 0. The fourth-order valence-corrected chi connectivity index (χ4v) is 2.03. The van der Waals surface area contributed by atoms with E-state index in [4.69, 9.17) is 0 Å². The Hall–Kier alpha value is -1.88. The van der Waals surface area contributed by atoms with Gasteiger partial charge < -0.3 is 9.90 Å². The maximum absolute atomic E-state index is 11.3. The van der Waals surface area contributed by atoms with Crippen molar-refractivity contribution < 1.29 is 9.90 Å². The Morgan fingerprint density at radius 3 is 2.89 bits per heavy atom. The van der Waals surface area contributed by atoms with Crippen LogP contribution in [0.3, 0.4) is 0 Å². The molecule has 1 N–H and O–H groups in total. The number of aldehydes is 1. The molecule has 0 saturated carbocycles. The lowest BCUT2D eigenvalue weighted by Gasteiger charge is -2.10. The van der Waals surface area contributed by atoms with E-state index in [1.165, 1.54) is 11.8 Å². The molecule has 1 atom stereocenters. The minimum atomic E-state index is -0.481. The topological polar surface area (TPSA) is 63.1 Å². The molecule has 5 heteroatoms. The number of phenols is 1. The number of aromatic nitrogens is 2. The van der Waals surface area contributed by atoms with E-state index in [1.807, 2.05) is 6.26 Å². The third-order valence-corrected chi connectivity index (χ3v) is 3.08. The van der Waals surface area contributed by atoms with Gasteiger partial charge in [-0.25, -0.2) is 9.97 Å². The smallest absolute Gasteiger partial charge is 0.187 e. The molecule has 0 aliphatic carbocycles. The average molecular weight is 260 g/mol. The van der Waals surface area contributed by atoms with Crippen LogP contribution in [0.2, 0.25) is 0 Å². The molecule has 1 heterocycles. The molecule has 2 aromatic rings. The summed E-state index contributed by atoms with van der Waals surface area (Å²) in [5.41, 5.74) is 1.35. The summed E-state index contributed by atoms with van der Waals surface area (Å²) in [7, 11) is 0. The zero-order valence-electron chi connectivity index (χ0n) is 9.78. The molecule has 0 aliphatic heterocycles. The van der Waals surface area contributed by atoms with Crippen LogP contribution in [0.25, 0.3) is 0 Å². The molecule has 0 saturated heterocycles. The molecule has 18 heavy (non-hydrogen) atoms. The summed E-state index contributed by atoms with van der Waals surface area (Å²) in [6, 6.07) is 8.35. The first-order valence-corrected chi connectivity index (χ1v) is 6.58. The summed E-state index contributed by atoms with van der Waals surface area (Å²) in [6.45, 7) is 0. The first-order chi connectivity index (χ1) is 8.74. The van der Waals surface area contributed by atoms with Crippen LogP contribution in [-0.4, -0.2) is 27.6 Å². The third-order valence-electron chi connectivity index (χ3n) is 2.52. The summed E-state index contributed by atoms with van der Waals surface area (Å²) in [5.74, 6) is -0.343. The van der Waals surface area contributed by atoms with Crippen molar-refractivity contribution in [2.75, 3.05) is 6.26 Å². The number of hydrogen-bond acceptors (Lipinski definition) is 5. The fourth-order valence-electron chi connectivity index (χ4n) is 1.66. The van der Waals surface area contributed by atoms with E-state index < -0.39 is 5.92 Å². The monoisotopic (exact) mass is 260 g/mol. The predicted molar refractivity (Wildman–Crippen MR) is 69.8 cm³/mol. The van der Waals surface area contributed by atoms with Gasteiger partial charge in [-0.2, -0.15) is 0 Å². The van der Waals surface area contributed by atoms with Crippen molar-refractivity contribution in [2.45, 2.75) is 11.1 Å². The Labute approximate surface area is 109 Å². The van der Waals surface area contributed by atoms with E-state index in [0.717, 1.165) is 11.8 Å². The molecule has 0 fully saturated rings. The van der Waals surface area contributed by atoms with Gasteiger partial charge in [-0.1, -0.05) is 23.9 Å². The Kier molecular flexibility index (Phi) is 3.94. The molecule has 0 amide bonds. The minimum absolute atomic E-state index is 0.137. The number of aromatic hydroxyl groups is 1. The number of hydrogen-bond donors (Lipinski definition) is 1. The fraction of sp³-hybridized carbons (Fsp3) is 0.154. The number of phenolic OH excluding ortho intramolecular Hbond substituents is 1. The molecule has 0 radical (unpaired) electrons. The van der Waals surface area contributed by atoms with Gasteiger partial charge in [0, 0.05) is 6.20 Å². The Balaban J connectivity index is 2.41. The largest absolute Gasteiger partial charge is 0.508 e. The summed E-state index contributed by atoms with van der Waals surface area (Å²) in [4.78, 5) is 19.6. The van der Waals surface area contributed by atoms with Crippen LogP contribution in [0.15, 0.2) is 41.7 Å². The highest BCUT2D eigenvalue weighted by Crippen LogP contribution is 2.24. The second kappa shape index (κ2) is 5.64. The molecule has 1 aromatic carbocycles. The lowest BCUT2D eigenvalue weighted by atomic mass is 9.97. The van der Waals surface area contributed by atoms with E-state index in [0.29, 0.717) is 10.9 Å². The first kappa shape index (κ1) is 12.6. The van der Waals surface area contributed by atoms with Crippen LogP contribution in [0.5, 0.6) is 5.75 Å². The van der Waals surface area contributed by atoms with Gasteiger partial charge in [0.1, 0.15) is 12.0 Å². The molecule has 4 nitrogen and oxygen atoms in total. The summed E-state index contributed by atoms with van der Waals surface area (Å²) >= 11 is 1.42. The molecule has 1 unspecified atom stereocenters. The van der Waals surface area contributed by atoms with Gasteiger partial charge in [0.15, 0.2) is 5.16 Å². The summed E-state index contributed by atoms with van der Waals surface area (Å²) in [6.07, 6.45) is 4.33. The van der Waals surface area contributed by atoms with Crippen molar-refractivity contribution >= 4 is 18.0 Å². The van der Waals surface area contributed by atoms with Crippen LogP contribution in [0.4, 0.5) is 0 Å². The number of carbonyl (C=O) groups is 1. The van der Waals surface area contributed by atoms with E-state index in [2.05, 4.69) is 9.97 Å². The summed E-state index contributed by atoms with van der Waals surface area (Å²) in [5, 5.41) is 10.1. The average Bonchev–Trinajstić information content (AvgIpc) is 2.40. The van der Waals surface area contributed by atoms with E-state index in [9.17, 15) is 9.90 Å². The molecule has 92 valence electrons. The molecular formula is C13H12N2O2S. The van der Waals surface area contributed by atoms with Gasteiger partial charge in [-0.15, -0.1) is 0 Å². The zero-order valence-corrected chi connectivity index (χ0v) is 10.6. The molecule has 0 aliphatic rings. The quantitative estimate of drug-likeness (QED) is 0.519. The van der Waals surface area contributed by atoms with Gasteiger partial charge in [-0.3, -0.25) is 0 Å². The van der Waals surface area contributed by atoms with Gasteiger partial charge in [0.25, 0.3) is 0 Å². The molecule has 1 aromatic heterocycles. The van der Waals surface area contributed by atoms with Crippen molar-refractivity contribution in [3.8, 4) is 5.75 Å². The van der Waals surface area contributed by atoms with Gasteiger partial charge in [0.2, 0.25) is 0 Å². The third kappa shape index (κ3) is 2.68. The van der Waals surface area contributed by atoms with Crippen LogP contribution >= 0.6 is 11.8 Å². The lowest BCUT2D eigenvalue weighted by molar-refractivity contribution is -0.108. The van der Waals surface area contributed by atoms with Crippen LogP contribution in [-0.2, 0) is 4.79 Å². The van der Waals surface area contributed by atoms with E-state index in [1.54, 1.807) is 36.5 Å². The molecule has 0 bridgehead atoms. The Bertz CT molecular complexity index is 560. The normalized spacial score (nSPS) is 12.1. The highest BCUT2D eigenvalue weighted by molar-refractivity contribution is 7.98. The van der Waals surface area contributed by atoms with Crippen molar-refractivity contribution in [1.82, 2.24) is 9.97 Å². The van der Waals surface area contributed by atoms with E-state index in [-0.39, 0.29) is 5.75 Å². The van der Waals surface area contributed by atoms with Crippen LogP contribution < -0.4 is 0 Å². The predicted octanol–water partition coefficient (Wildman–Crippen LogP) is 2.23. The van der Waals surface area contributed by atoms with Crippen LogP contribution in [0.1, 0.15) is 17.2 Å². The molecular weight excluding hydrogens is 248 g/mol. The van der Waals surface area contributed by atoms with Gasteiger partial charge >= 0.3 is 0 Å². The number of thioether (sulfide) groups is 1. The second-order valence-electron chi connectivity index (χ2n) is 3.68. The van der Waals surface area contributed by atoms with Gasteiger partial charge in [-0.05, 0) is 30.0 Å². The lowest BCUT2D eigenvalue weighted by Crippen LogP contribution is -2.06. The zero-order chi connectivity index (χ0) is 13.0. The minimum Gasteiger partial charge on any atom is -0.508 e. The standard InChI is InChI=1S/C13H12N2O2S/c1-18-13-14-6-5-12(15-13)11(8-16)9-3-2-4-10(17)7-9/h2-8,11,17H,1H3. The van der Waals surface area contributed by atoms with Crippen molar-refractivity contribution in [1.29, 1.82) is 0 Å². The second-order valence-corrected chi connectivity index (χ2v) is 4.45. The van der Waals surface area contributed by atoms with Crippen molar-refractivity contribution in [3.63, 3.8) is 0 Å². The van der Waals surface area contributed by atoms with Crippen LogP contribution in [0, 0.1) is 0 Å². The number of rotatable bonds is 4. The highest BCUT2D eigenvalue weighted by atomic mass is 32.2. The van der Waals surface area contributed by atoms with E-state index >= 15 is 0 Å². The SMILES string of the molecule is CSc1nccc(C(C=O)c2cccc(O)c2)n1. The van der Waals surface area contributed by atoms with Gasteiger partial charge in [0.05, 0.1) is 11.6 Å². The molecule has 0 spiro atoms. The maximum atomic E-state index is 11.3.